The molecule has 4 nitrogen and oxygen atoms in total. The van der Waals surface area contributed by atoms with E-state index < -0.39 is 12.1 Å². The normalized spacial score (nSPS) is 12.2. The molecule has 1 radical (unpaired) electrons. The Bertz CT molecular complexity index is 201. The summed E-state index contributed by atoms with van der Waals surface area (Å²) in [7, 11) is 0. The van der Waals surface area contributed by atoms with Crippen LogP contribution < -0.4 is 0 Å². The Kier molecular flexibility index (Phi) is 7.95. The lowest BCUT2D eigenvalue weighted by molar-refractivity contribution is -0.142. The van der Waals surface area contributed by atoms with Crippen molar-refractivity contribution in [3.63, 3.8) is 0 Å². The summed E-state index contributed by atoms with van der Waals surface area (Å²) in [6.07, 6.45) is 1.06. The van der Waals surface area contributed by atoms with Crippen molar-refractivity contribution in [2.24, 2.45) is 0 Å². The van der Waals surface area contributed by atoms with E-state index in [9.17, 15) is 9.90 Å². The maximum atomic E-state index is 10.9. The highest BCUT2D eigenvalue weighted by Gasteiger charge is 2.09. The second-order valence-electron chi connectivity index (χ2n) is 3.32. The van der Waals surface area contributed by atoms with Gasteiger partial charge < -0.3 is 14.6 Å². The van der Waals surface area contributed by atoms with E-state index in [2.05, 4.69) is 6.58 Å². The summed E-state index contributed by atoms with van der Waals surface area (Å²) in [5.41, 5.74) is 0.320. The minimum absolute atomic E-state index is 0.0638. The third-order valence-corrected chi connectivity index (χ3v) is 1.57. The molecule has 0 rings (SSSR count). The topological polar surface area (TPSA) is 55.8 Å². The largest absolute Gasteiger partial charge is 0.460 e. The van der Waals surface area contributed by atoms with Gasteiger partial charge in [0.05, 0.1) is 13.2 Å². The number of rotatable bonds is 8. The van der Waals surface area contributed by atoms with Gasteiger partial charge in [0.1, 0.15) is 12.7 Å². The Labute approximate surface area is 90.9 Å². The highest BCUT2D eigenvalue weighted by Crippen LogP contribution is 1.98. The van der Waals surface area contributed by atoms with Gasteiger partial charge in [-0.15, -0.1) is 0 Å². The molecule has 0 aliphatic rings. The highest BCUT2D eigenvalue weighted by molar-refractivity contribution is 5.86. The summed E-state index contributed by atoms with van der Waals surface area (Å²) in [4.78, 5) is 10.9. The van der Waals surface area contributed by atoms with Crippen LogP contribution in [0.25, 0.3) is 0 Å². The molecule has 87 valence electrons. The lowest BCUT2D eigenvalue weighted by Crippen LogP contribution is -2.23. The quantitative estimate of drug-likeness (QED) is 0.378. The fourth-order valence-electron chi connectivity index (χ4n) is 0.723. The number of carbonyl (C=O) groups excluding carboxylic acids is 1. The molecule has 0 fully saturated rings. The predicted octanol–water partition coefficient (Wildman–Crippen LogP) is 1.45. The van der Waals surface area contributed by atoms with E-state index in [0.717, 1.165) is 12.8 Å². The molecular formula is C11H19O4. The van der Waals surface area contributed by atoms with Gasteiger partial charge in [-0.2, -0.15) is 0 Å². The first kappa shape index (κ1) is 14.1. The molecule has 4 heteroatoms. The number of ether oxygens (including phenoxy) is 2. The van der Waals surface area contributed by atoms with Crippen molar-refractivity contribution >= 4 is 5.97 Å². The molecule has 0 saturated heterocycles. The van der Waals surface area contributed by atoms with E-state index in [1.165, 1.54) is 0 Å². The maximum absolute atomic E-state index is 10.9. The molecule has 1 unspecified atom stereocenters. The highest BCUT2D eigenvalue weighted by atomic mass is 16.5. The van der Waals surface area contributed by atoms with E-state index in [1.807, 2.05) is 6.92 Å². The molecule has 0 saturated carbocycles. The van der Waals surface area contributed by atoms with Gasteiger partial charge in [-0.05, 0) is 13.3 Å². The Hall–Kier alpha value is -0.870. The van der Waals surface area contributed by atoms with Gasteiger partial charge in [-0.25, -0.2) is 4.79 Å². The zero-order valence-electron chi connectivity index (χ0n) is 9.36. The summed E-state index contributed by atoms with van der Waals surface area (Å²) in [6.45, 7) is 8.74. The molecule has 15 heavy (non-hydrogen) atoms. The first-order valence-electron chi connectivity index (χ1n) is 5.01. The number of aliphatic hydroxyl groups excluding tert-OH is 1. The molecule has 0 aromatic rings. The standard InChI is InChI=1S/C11H19O4/c1-4-5-6-14-7-10(12)8-15-11(13)9(2)3/h6,10,12H,2,4-5,7-8H2,1,3H3. The van der Waals surface area contributed by atoms with Crippen molar-refractivity contribution in [2.45, 2.75) is 32.8 Å². The Balaban J connectivity index is 3.44. The van der Waals surface area contributed by atoms with Crippen LogP contribution in [0, 0.1) is 6.61 Å². The van der Waals surface area contributed by atoms with Gasteiger partial charge in [0.2, 0.25) is 0 Å². The maximum Gasteiger partial charge on any atom is 0.333 e. The Morgan fingerprint density at radius 1 is 1.53 bits per heavy atom. The molecule has 0 aliphatic carbocycles. The Morgan fingerprint density at radius 2 is 2.20 bits per heavy atom. The van der Waals surface area contributed by atoms with E-state index in [-0.39, 0.29) is 13.2 Å². The summed E-state index contributed by atoms with van der Waals surface area (Å²) < 4.78 is 9.78. The molecule has 0 bridgehead atoms. The van der Waals surface area contributed by atoms with Gasteiger partial charge >= 0.3 is 5.97 Å². The SMILES string of the molecule is C=C(C)C(=O)OCC(O)CO[CH]CCC. The van der Waals surface area contributed by atoms with Crippen molar-refractivity contribution in [1.29, 1.82) is 0 Å². The summed E-state index contributed by atoms with van der Waals surface area (Å²) in [5, 5.41) is 9.33. The van der Waals surface area contributed by atoms with Gasteiger partial charge in [0.25, 0.3) is 0 Å². The van der Waals surface area contributed by atoms with Crippen LogP contribution in [0.4, 0.5) is 0 Å². The zero-order chi connectivity index (χ0) is 11.7. The zero-order valence-corrected chi connectivity index (χ0v) is 9.36. The minimum atomic E-state index is -0.790. The molecule has 0 amide bonds. The summed E-state index contributed by atoms with van der Waals surface area (Å²) >= 11 is 0. The van der Waals surface area contributed by atoms with E-state index >= 15 is 0 Å². The second-order valence-corrected chi connectivity index (χ2v) is 3.32. The van der Waals surface area contributed by atoms with Crippen LogP contribution in [0.5, 0.6) is 0 Å². The van der Waals surface area contributed by atoms with Crippen LogP contribution in [0.1, 0.15) is 26.7 Å². The van der Waals surface area contributed by atoms with Crippen LogP contribution in [0.3, 0.4) is 0 Å². The van der Waals surface area contributed by atoms with Crippen LogP contribution in [-0.4, -0.2) is 30.4 Å². The average Bonchev–Trinajstić information content (AvgIpc) is 2.20. The van der Waals surface area contributed by atoms with Crippen LogP contribution in [0.15, 0.2) is 12.2 Å². The first-order chi connectivity index (χ1) is 7.07. The first-order valence-corrected chi connectivity index (χ1v) is 5.01. The van der Waals surface area contributed by atoms with Gasteiger partial charge in [0, 0.05) is 5.57 Å². The fourth-order valence-corrected chi connectivity index (χ4v) is 0.723. The molecule has 0 spiro atoms. The molecular weight excluding hydrogens is 196 g/mol. The second kappa shape index (κ2) is 8.44. The van der Waals surface area contributed by atoms with Crippen molar-refractivity contribution in [1.82, 2.24) is 0 Å². The number of carbonyl (C=O) groups is 1. The van der Waals surface area contributed by atoms with Crippen molar-refractivity contribution in [2.75, 3.05) is 13.2 Å². The van der Waals surface area contributed by atoms with Crippen LogP contribution >= 0.6 is 0 Å². The third kappa shape index (κ3) is 8.15. The molecule has 0 aliphatic heterocycles. The Morgan fingerprint density at radius 3 is 2.73 bits per heavy atom. The molecule has 1 N–H and O–H groups in total. The van der Waals surface area contributed by atoms with Crippen molar-refractivity contribution in [3.8, 4) is 0 Å². The summed E-state index contributed by atoms with van der Waals surface area (Å²) in [5.74, 6) is -0.494. The number of hydrogen-bond donors (Lipinski definition) is 1. The van der Waals surface area contributed by atoms with E-state index in [4.69, 9.17) is 9.47 Å². The van der Waals surface area contributed by atoms with Crippen LogP contribution in [0.2, 0.25) is 0 Å². The number of unbranched alkanes of at least 4 members (excludes halogenated alkanes) is 1. The van der Waals surface area contributed by atoms with Crippen molar-refractivity contribution < 1.29 is 19.4 Å². The fraction of sp³-hybridized carbons (Fsp3) is 0.636. The van der Waals surface area contributed by atoms with Crippen molar-refractivity contribution in [3.05, 3.63) is 18.8 Å². The third-order valence-electron chi connectivity index (χ3n) is 1.57. The van der Waals surface area contributed by atoms with E-state index in [0.29, 0.717) is 5.57 Å². The van der Waals surface area contributed by atoms with Gasteiger partial charge in [0.15, 0.2) is 0 Å². The van der Waals surface area contributed by atoms with Gasteiger partial charge in [-0.1, -0.05) is 19.9 Å². The van der Waals surface area contributed by atoms with Gasteiger partial charge in [-0.3, -0.25) is 0 Å². The molecule has 0 aromatic carbocycles. The predicted molar refractivity (Wildman–Crippen MR) is 56.9 cm³/mol. The minimum Gasteiger partial charge on any atom is -0.460 e. The number of esters is 1. The monoisotopic (exact) mass is 215 g/mol. The lowest BCUT2D eigenvalue weighted by atomic mass is 10.3. The van der Waals surface area contributed by atoms with Crippen LogP contribution in [-0.2, 0) is 14.3 Å². The van der Waals surface area contributed by atoms with E-state index in [1.54, 1.807) is 13.5 Å². The molecule has 1 atom stereocenters. The average molecular weight is 215 g/mol. The number of aliphatic hydroxyl groups is 1. The smallest absolute Gasteiger partial charge is 0.333 e. The summed E-state index contributed by atoms with van der Waals surface area (Å²) in [6, 6.07) is 0. The lowest BCUT2D eigenvalue weighted by Gasteiger charge is -2.11. The molecule has 0 heterocycles. The number of hydrogen-bond acceptors (Lipinski definition) is 4. The molecule has 0 aromatic heterocycles.